The maximum absolute atomic E-state index is 5.85. The lowest BCUT2D eigenvalue weighted by Crippen LogP contribution is -2.42. The van der Waals surface area contributed by atoms with Gasteiger partial charge in [0.05, 0.1) is 27.4 Å². The van der Waals surface area contributed by atoms with Crippen molar-refractivity contribution in [2.75, 3.05) is 54.1 Å². The normalized spacial score (nSPS) is 26.5. The lowest BCUT2D eigenvalue weighted by molar-refractivity contribution is 0.0562. The summed E-state index contributed by atoms with van der Waals surface area (Å²) >= 11 is 0. The Hall–Kier alpha value is -1.30. The quantitative estimate of drug-likeness (QED) is 0.841. The molecule has 0 spiro atoms. The summed E-state index contributed by atoms with van der Waals surface area (Å²) in [7, 11) is 5.60. The molecule has 2 fully saturated rings. The predicted molar refractivity (Wildman–Crippen MR) is 85.6 cm³/mol. The van der Waals surface area contributed by atoms with Crippen molar-refractivity contribution < 1.29 is 14.2 Å². The van der Waals surface area contributed by atoms with Crippen molar-refractivity contribution in [3.8, 4) is 11.5 Å². The SMILES string of the molecule is COc1cc(CN2C[C@H]3COC[C@@H]2CN(C)C3)cc(OC)c1. The van der Waals surface area contributed by atoms with Crippen molar-refractivity contribution in [3.05, 3.63) is 23.8 Å². The van der Waals surface area contributed by atoms with Crippen LogP contribution in [0.5, 0.6) is 11.5 Å². The monoisotopic (exact) mass is 306 g/mol. The molecule has 122 valence electrons. The topological polar surface area (TPSA) is 34.2 Å². The van der Waals surface area contributed by atoms with Gasteiger partial charge in [0.1, 0.15) is 11.5 Å². The summed E-state index contributed by atoms with van der Waals surface area (Å²) in [6.45, 7) is 5.88. The van der Waals surface area contributed by atoms with Gasteiger partial charge >= 0.3 is 0 Å². The molecule has 0 radical (unpaired) electrons. The van der Waals surface area contributed by atoms with E-state index in [1.807, 2.05) is 6.07 Å². The zero-order valence-electron chi connectivity index (χ0n) is 13.7. The van der Waals surface area contributed by atoms with Crippen LogP contribution < -0.4 is 9.47 Å². The number of hydrogen-bond donors (Lipinski definition) is 0. The molecule has 0 N–H and O–H groups in total. The van der Waals surface area contributed by atoms with Crippen LogP contribution >= 0.6 is 0 Å². The third-order valence-electron chi connectivity index (χ3n) is 4.56. The van der Waals surface area contributed by atoms with E-state index >= 15 is 0 Å². The molecule has 0 aromatic heterocycles. The second-order valence-corrected chi connectivity index (χ2v) is 6.43. The minimum atomic E-state index is 0.453. The Balaban J connectivity index is 1.79. The molecule has 0 amide bonds. The lowest BCUT2D eigenvalue weighted by atomic mass is 10.1. The smallest absolute Gasteiger partial charge is 0.122 e. The second-order valence-electron chi connectivity index (χ2n) is 6.43. The molecule has 2 aliphatic heterocycles. The molecule has 2 heterocycles. The average Bonchev–Trinajstić information content (AvgIpc) is 2.76. The Morgan fingerprint density at radius 3 is 2.45 bits per heavy atom. The molecule has 0 unspecified atom stereocenters. The van der Waals surface area contributed by atoms with Crippen molar-refractivity contribution in [2.45, 2.75) is 12.6 Å². The summed E-state index contributed by atoms with van der Waals surface area (Å²) in [4.78, 5) is 4.99. The molecule has 5 heteroatoms. The fourth-order valence-corrected chi connectivity index (χ4v) is 3.55. The second kappa shape index (κ2) is 6.86. The van der Waals surface area contributed by atoms with Crippen LogP contribution in [-0.4, -0.2) is 70.0 Å². The zero-order valence-corrected chi connectivity index (χ0v) is 13.7. The highest BCUT2D eigenvalue weighted by molar-refractivity contribution is 5.38. The Kier molecular flexibility index (Phi) is 4.86. The van der Waals surface area contributed by atoms with E-state index in [0.29, 0.717) is 12.0 Å². The molecule has 3 rings (SSSR count). The highest BCUT2D eigenvalue weighted by Crippen LogP contribution is 2.26. The standard InChI is InChI=1S/C17H26N2O3/c1-18-7-14-9-19(15(10-18)12-22-11-14)8-13-4-16(20-2)6-17(5-13)21-3/h4-6,14-15H,7-12H2,1-3H3/t14-,15-/m0/s1. The Bertz CT molecular complexity index is 486. The van der Waals surface area contributed by atoms with E-state index in [1.54, 1.807) is 14.2 Å². The molecule has 5 nitrogen and oxygen atoms in total. The number of nitrogens with zero attached hydrogens (tertiary/aromatic N) is 2. The molecular formula is C17H26N2O3. The lowest BCUT2D eigenvalue weighted by Gasteiger charge is -2.29. The van der Waals surface area contributed by atoms with Gasteiger partial charge in [-0.05, 0) is 24.7 Å². The van der Waals surface area contributed by atoms with E-state index in [9.17, 15) is 0 Å². The van der Waals surface area contributed by atoms with Crippen LogP contribution in [0, 0.1) is 5.92 Å². The number of hydrogen-bond acceptors (Lipinski definition) is 5. The summed E-state index contributed by atoms with van der Waals surface area (Å²) in [5.41, 5.74) is 1.23. The highest BCUT2D eigenvalue weighted by Gasteiger charge is 2.32. The molecule has 0 aliphatic carbocycles. The van der Waals surface area contributed by atoms with E-state index in [-0.39, 0.29) is 0 Å². The van der Waals surface area contributed by atoms with Crippen LogP contribution in [0.2, 0.25) is 0 Å². The highest BCUT2D eigenvalue weighted by atomic mass is 16.5. The largest absolute Gasteiger partial charge is 0.497 e. The molecule has 2 bridgehead atoms. The zero-order chi connectivity index (χ0) is 15.5. The summed E-state index contributed by atoms with van der Waals surface area (Å²) in [6, 6.07) is 6.57. The summed E-state index contributed by atoms with van der Waals surface area (Å²) in [6.07, 6.45) is 0. The van der Waals surface area contributed by atoms with Gasteiger partial charge in [-0.1, -0.05) is 0 Å². The maximum atomic E-state index is 5.85. The first-order valence-electron chi connectivity index (χ1n) is 7.90. The van der Waals surface area contributed by atoms with Crippen LogP contribution in [0.4, 0.5) is 0 Å². The van der Waals surface area contributed by atoms with Crippen molar-refractivity contribution in [2.24, 2.45) is 5.92 Å². The van der Waals surface area contributed by atoms with Gasteiger partial charge < -0.3 is 19.1 Å². The van der Waals surface area contributed by atoms with Crippen LogP contribution in [0.15, 0.2) is 18.2 Å². The predicted octanol–water partition coefficient (Wildman–Crippen LogP) is 1.47. The molecule has 1 aromatic rings. The van der Waals surface area contributed by atoms with E-state index in [2.05, 4.69) is 29.0 Å². The average molecular weight is 306 g/mol. The van der Waals surface area contributed by atoms with Gasteiger partial charge in [-0.25, -0.2) is 0 Å². The van der Waals surface area contributed by atoms with E-state index in [1.165, 1.54) is 5.56 Å². The molecule has 0 saturated carbocycles. The molecule has 1 aromatic carbocycles. The molecule has 2 aliphatic rings. The fraction of sp³-hybridized carbons (Fsp3) is 0.647. The van der Waals surface area contributed by atoms with Gasteiger partial charge in [-0.15, -0.1) is 0 Å². The number of benzene rings is 1. The minimum Gasteiger partial charge on any atom is -0.497 e. The van der Waals surface area contributed by atoms with Gasteiger partial charge in [0.2, 0.25) is 0 Å². The third kappa shape index (κ3) is 3.54. The minimum absolute atomic E-state index is 0.453. The summed E-state index contributed by atoms with van der Waals surface area (Å²) < 4.78 is 16.6. The van der Waals surface area contributed by atoms with Crippen molar-refractivity contribution in [1.29, 1.82) is 0 Å². The summed E-state index contributed by atoms with van der Waals surface area (Å²) in [5.74, 6) is 2.28. The molecule has 2 atom stereocenters. The van der Waals surface area contributed by atoms with Gasteiger partial charge in [-0.3, -0.25) is 4.90 Å². The molecule has 2 saturated heterocycles. The Morgan fingerprint density at radius 2 is 1.77 bits per heavy atom. The summed E-state index contributed by atoms with van der Waals surface area (Å²) in [5, 5.41) is 0. The first kappa shape index (κ1) is 15.6. The number of fused-ring (bicyclic) bond motifs is 3. The van der Waals surface area contributed by atoms with Gasteiger partial charge in [0.15, 0.2) is 0 Å². The first-order valence-corrected chi connectivity index (χ1v) is 7.90. The van der Waals surface area contributed by atoms with Gasteiger partial charge in [-0.2, -0.15) is 0 Å². The number of methoxy groups -OCH3 is 2. The third-order valence-corrected chi connectivity index (χ3v) is 4.56. The number of likely N-dealkylation sites (N-methyl/N-ethyl adjacent to an activating group) is 1. The van der Waals surface area contributed by atoms with Crippen molar-refractivity contribution in [1.82, 2.24) is 9.80 Å². The van der Waals surface area contributed by atoms with Crippen LogP contribution in [0.25, 0.3) is 0 Å². The van der Waals surface area contributed by atoms with Gasteiger partial charge in [0.25, 0.3) is 0 Å². The van der Waals surface area contributed by atoms with E-state index in [0.717, 1.165) is 50.9 Å². The first-order chi connectivity index (χ1) is 10.7. The van der Waals surface area contributed by atoms with E-state index in [4.69, 9.17) is 14.2 Å². The van der Waals surface area contributed by atoms with Crippen LogP contribution in [0.1, 0.15) is 5.56 Å². The Morgan fingerprint density at radius 1 is 1.05 bits per heavy atom. The molecule has 22 heavy (non-hydrogen) atoms. The maximum Gasteiger partial charge on any atom is 0.122 e. The fourth-order valence-electron chi connectivity index (χ4n) is 3.55. The number of ether oxygens (including phenoxy) is 3. The van der Waals surface area contributed by atoms with Crippen molar-refractivity contribution in [3.63, 3.8) is 0 Å². The van der Waals surface area contributed by atoms with Gasteiger partial charge in [0, 0.05) is 44.2 Å². The van der Waals surface area contributed by atoms with Crippen LogP contribution in [0.3, 0.4) is 0 Å². The van der Waals surface area contributed by atoms with Crippen LogP contribution in [-0.2, 0) is 11.3 Å². The Labute approximate surface area is 132 Å². The van der Waals surface area contributed by atoms with E-state index < -0.39 is 0 Å². The molecular weight excluding hydrogens is 280 g/mol. The van der Waals surface area contributed by atoms with Crippen molar-refractivity contribution >= 4 is 0 Å². The number of rotatable bonds is 4.